The van der Waals surface area contributed by atoms with Crippen LogP contribution in [0.4, 0.5) is 10.3 Å². The Morgan fingerprint density at radius 1 is 1.43 bits per heavy atom. The molecule has 0 bridgehead atoms. The Morgan fingerprint density at radius 2 is 2.14 bits per heavy atom. The van der Waals surface area contributed by atoms with Crippen molar-refractivity contribution in [2.45, 2.75) is 4.90 Å². The molecular formula is C10H10FN5O4S. The number of esters is 1. The fourth-order valence-corrected chi connectivity index (χ4v) is 2.64. The summed E-state index contributed by atoms with van der Waals surface area (Å²) in [5.41, 5.74) is -0.310. The van der Waals surface area contributed by atoms with Crippen LogP contribution >= 0.6 is 0 Å². The van der Waals surface area contributed by atoms with Crippen LogP contribution in [0.5, 0.6) is 0 Å². The van der Waals surface area contributed by atoms with Gasteiger partial charge >= 0.3 is 5.97 Å². The molecule has 0 saturated heterocycles. The van der Waals surface area contributed by atoms with E-state index in [1.165, 1.54) is 7.05 Å². The lowest BCUT2D eigenvalue weighted by atomic mass is 10.2. The van der Waals surface area contributed by atoms with E-state index in [0.29, 0.717) is 6.07 Å². The van der Waals surface area contributed by atoms with Crippen molar-refractivity contribution in [1.29, 1.82) is 0 Å². The largest absolute Gasteiger partial charge is 0.465 e. The molecule has 112 valence electrons. The molecule has 1 N–H and O–H groups in total. The van der Waals surface area contributed by atoms with Crippen LogP contribution < -0.4 is 4.72 Å². The maximum absolute atomic E-state index is 13.3. The maximum Gasteiger partial charge on any atom is 0.339 e. The van der Waals surface area contributed by atoms with Gasteiger partial charge in [0.1, 0.15) is 10.7 Å². The summed E-state index contributed by atoms with van der Waals surface area (Å²) in [6.45, 7) is 0. The van der Waals surface area contributed by atoms with Gasteiger partial charge in [-0.25, -0.2) is 22.3 Å². The normalized spacial score (nSPS) is 11.2. The number of tetrazole rings is 1. The van der Waals surface area contributed by atoms with Gasteiger partial charge in [0, 0.05) is 0 Å². The number of nitrogens with one attached hydrogen (secondary N) is 1. The molecule has 1 aromatic heterocycles. The summed E-state index contributed by atoms with van der Waals surface area (Å²) in [6.07, 6.45) is 0. The van der Waals surface area contributed by atoms with Gasteiger partial charge in [-0.15, -0.1) is 5.10 Å². The highest BCUT2D eigenvalue weighted by atomic mass is 32.2. The van der Waals surface area contributed by atoms with E-state index in [-0.39, 0.29) is 11.5 Å². The number of benzene rings is 1. The third-order valence-corrected chi connectivity index (χ3v) is 3.74. The van der Waals surface area contributed by atoms with Crippen molar-refractivity contribution in [1.82, 2.24) is 20.2 Å². The maximum atomic E-state index is 13.3. The quantitative estimate of drug-likeness (QED) is 0.785. The zero-order chi connectivity index (χ0) is 15.6. The van der Waals surface area contributed by atoms with E-state index in [2.05, 4.69) is 20.1 Å². The van der Waals surface area contributed by atoms with Crippen molar-refractivity contribution in [2.75, 3.05) is 11.8 Å². The highest BCUT2D eigenvalue weighted by Gasteiger charge is 2.25. The lowest BCUT2D eigenvalue weighted by molar-refractivity contribution is 0.0596. The van der Waals surface area contributed by atoms with Crippen LogP contribution in [0.2, 0.25) is 0 Å². The minimum absolute atomic E-state index is 0.308. The Kier molecular flexibility index (Phi) is 3.84. The number of carbonyl (C=O) groups is 1. The molecule has 2 aromatic rings. The number of rotatable bonds is 4. The summed E-state index contributed by atoms with van der Waals surface area (Å²) < 4.78 is 44.2. The summed E-state index contributed by atoms with van der Waals surface area (Å²) in [4.78, 5) is 12.0. The Bertz CT molecular complexity index is 788. The van der Waals surface area contributed by atoms with E-state index in [0.717, 1.165) is 24.0 Å². The first-order chi connectivity index (χ1) is 9.83. The van der Waals surface area contributed by atoms with Crippen LogP contribution in [-0.2, 0) is 21.8 Å². The van der Waals surface area contributed by atoms with Crippen LogP contribution in [0.1, 0.15) is 10.4 Å². The van der Waals surface area contributed by atoms with Crippen molar-refractivity contribution in [3.8, 4) is 0 Å². The van der Waals surface area contributed by atoms with E-state index in [9.17, 15) is 17.6 Å². The number of halogens is 1. The molecule has 1 aromatic carbocycles. The molecule has 0 unspecified atom stereocenters. The van der Waals surface area contributed by atoms with Crippen LogP contribution in [-0.4, -0.2) is 41.7 Å². The fraction of sp³-hybridized carbons (Fsp3) is 0.200. The van der Waals surface area contributed by atoms with Gasteiger partial charge in [0.15, 0.2) is 0 Å². The molecule has 0 amide bonds. The number of aryl methyl sites for hydroxylation is 1. The summed E-state index contributed by atoms with van der Waals surface area (Å²) in [6, 6.07) is 2.66. The molecule has 0 saturated carbocycles. The lowest BCUT2D eigenvalue weighted by Crippen LogP contribution is -2.18. The summed E-state index contributed by atoms with van der Waals surface area (Å²) in [7, 11) is -1.76. The molecule has 0 aliphatic carbocycles. The summed E-state index contributed by atoms with van der Waals surface area (Å²) >= 11 is 0. The van der Waals surface area contributed by atoms with Crippen molar-refractivity contribution < 1.29 is 22.3 Å². The highest BCUT2D eigenvalue weighted by molar-refractivity contribution is 7.92. The van der Waals surface area contributed by atoms with Gasteiger partial charge in [-0.2, -0.15) is 4.80 Å². The average Bonchev–Trinajstić information content (AvgIpc) is 2.82. The minimum Gasteiger partial charge on any atom is -0.465 e. The SMILES string of the molecule is COC(=O)c1ccc(F)cc1S(=O)(=O)Nc1nnn(C)n1. The number of ether oxygens (including phenoxy) is 1. The molecule has 9 nitrogen and oxygen atoms in total. The molecule has 21 heavy (non-hydrogen) atoms. The molecule has 0 radical (unpaired) electrons. The number of sulfonamides is 1. The second-order valence-electron chi connectivity index (χ2n) is 3.84. The molecule has 0 atom stereocenters. The molecule has 2 rings (SSSR count). The van der Waals surface area contributed by atoms with Crippen LogP contribution in [0.15, 0.2) is 23.1 Å². The monoisotopic (exact) mass is 315 g/mol. The minimum atomic E-state index is -4.28. The van der Waals surface area contributed by atoms with Crippen molar-refractivity contribution in [2.24, 2.45) is 7.05 Å². The number of methoxy groups -OCH3 is 1. The number of hydrogen-bond acceptors (Lipinski definition) is 7. The number of anilines is 1. The molecule has 0 aliphatic rings. The lowest BCUT2D eigenvalue weighted by Gasteiger charge is -2.09. The molecular weight excluding hydrogens is 305 g/mol. The molecule has 0 aliphatic heterocycles. The van der Waals surface area contributed by atoms with Gasteiger partial charge in [0.2, 0.25) is 0 Å². The Morgan fingerprint density at radius 3 is 2.71 bits per heavy atom. The van der Waals surface area contributed by atoms with Crippen LogP contribution in [0.25, 0.3) is 0 Å². The molecule has 0 spiro atoms. The molecule has 0 fully saturated rings. The van der Waals surface area contributed by atoms with E-state index < -0.39 is 26.7 Å². The third-order valence-electron chi connectivity index (χ3n) is 2.37. The molecule has 1 heterocycles. The van der Waals surface area contributed by atoms with Crippen LogP contribution in [0, 0.1) is 5.82 Å². The summed E-state index contributed by atoms with van der Waals surface area (Å²) in [5, 5.41) is 10.5. The fourth-order valence-electron chi connectivity index (χ4n) is 1.50. The number of carbonyl (C=O) groups excluding carboxylic acids is 1. The van der Waals surface area contributed by atoms with Gasteiger partial charge < -0.3 is 4.74 Å². The van der Waals surface area contributed by atoms with Gasteiger partial charge in [-0.05, 0) is 23.4 Å². The third kappa shape index (κ3) is 3.13. The second kappa shape index (κ2) is 5.44. The van der Waals surface area contributed by atoms with Gasteiger partial charge in [0.25, 0.3) is 16.0 Å². The first kappa shape index (κ1) is 14.8. The second-order valence-corrected chi connectivity index (χ2v) is 5.49. The average molecular weight is 315 g/mol. The standard InChI is InChI=1S/C10H10FN5O4S/c1-16-13-10(12-15-16)14-21(18,19)8-5-6(11)3-4-7(8)9(17)20-2/h3-5H,1-2H3,(H,13,14). The Balaban J connectivity index is 2.48. The number of nitrogens with zero attached hydrogens (tertiary/aromatic N) is 4. The van der Waals surface area contributed by atoms with Crippen molar-refractivity contribution in [3.05, 3.63) is 29.6 Å². The zero-order valence-corrected chi connectivity index (χ0v) is 11.8. The molecule has 11 heteroatoms. The topological polar surface area (TPSA) is 116 Å². The summed E-state index contributed by atoms with van der Waals surface area (Å²) in [5.74, 6) is -2.05. The van der Waals surface area contributed by atoms with Gasteiger partial charge in [0.05, 0.1) is 19.7 Å². The van der Waals surface area contributed by atoms with E-state index in [4.69, 9.17) is 0 Å². The predicted molar refractivity (Wildman–Crippen MR) is 67.3 cm³/mol. The van der Waals surface area contributed by atoms with E-state index in [1.54, 1.807) is 0 Å². The van der Waals surface area contributed by atoms with E-state index >= 15 is 0 Å². The van der Waals surface area contributed by atoms with Gasteiger partial charge in [-0.1, -0.05) is 5.10 Å². The predicted octanol–water partition coefficient (Wildman–Crippen LogP) is -0.0634. The first-order valence-corrected chi connectivity index (χ1v) is 6.96. The van der Waals surface area contributed by atoms with E-state index in [1.807, 2.05) is 4.72 Å². The Labute approximate surface area is 118 Å². The first-order valence-electron chi connectivity index (χ1n) is 5.48. The zero-order valence-electron chi connectivity index (χ0n) is 10.9. The smallest absolute Gasteiger partial charge is 0.339 e. The van der Waals surface area contributed by atoms with Crippen molar-refractivity contribution >= 4 is 21.9 Å². The van der Waals surface area contributed by atoms with Gasteiger partial charge in [-0.3, -0.25) is 0 Å². The number of aromatic nitrogens is 4. The van der Waals surface area contributed by atoms with Crippen LogP contribution in [0.3, 0.4) is 0 Å². The number of hydrogen-bond donors (Lipinski definition) is 1. The highest BCUT2D eigenvalue weighted by Crippen LogP contribution is 2.20. The Hall–Kier alpha value is -2.56. The van der Waals surface area contributed by atoms with Crippen molar-refractivity contribution in [3.63, 3.8) is 0 Å².